The first-order valence-electron chi connectivity index (χ1n) is 9.31. The molecule has 0 unspecified atom stereocenters. The van der Waals surface area contributed by atoms with Crippen LogP contribution in [0.1, 0.15) is 18.9 Å². The number of rotatable bonds is 8. The summed E-state index contributed by atoms with van der Waals surface area (Å²) in [6.07, 6.45) is 0.0417. The first-order valence-corrected chi connectivity index (χ1v) is 11.2. The molecule has 0 bridgehead atoms. The standard InChI is InChI=1S/C20H23ClN2O5S/c1-2-23(14-15-5-3-8-18-20(15)28-12-11-27-18)19(24)9-10-22-29(25,26)17-7-4-6-16(21)13-17/h3-8,13,22H,2,9-12,14H2,1H3. The van der Waals surface area contributed by atoms with Gasteiger partial charge in [-0.1, -0.05) is 29.8 Å². The van der Waals surface area contributed by atoms with Gasteiger partial charge >= 0.3 is 0 Å². The molecule has 0 saturated carbocycles. The topological polar surface area (TPSA) is 84.9 Å². The maximum absolute atomic E-state index is 12.6. The van der Waals surface area contributed by atoms with E-state index in [1.165, 1.54) is 12.1 Å². The maximum Gasteiger partial charge on any atom is 0.240 e. The molecule has 0 aromatic heterocycles. The zero-order chi connectivity index (χ0) is 20.9. The highest BCUT2D eigenvalue weighted by molar-refractivity contribution is 7.89. The molecular formula is C20H23ClN2O5S. The van der Waals surface area contributed by atoms with E-state index in [9.17, 15) is 13.2 Å². The van der Waals surface area contributed by atoms with Crippen LogP contribution < -0.4 is 14.2 Å². The van der Waals surface area contributed by atoms with E-state index in [4.69, 9.17) is 21.1 Å². The van der Waals surface area contributed by atoms with Gasteiger partial charge in [0, 0.05) is 36.6 Å². The normalized spacial score (nSPS) is 13.2. The third-order valence-electron chi connectivity index (χ3n) is 4.48. The van der Waals surface area contributed by atoms with Gasteiger partial charge in [0.25, 0.3) is 0 Å². The average Bonchev–Trinajstić information content (AvgIpc) is 2.72. The summed E-state index contributed by atoms with van der Waals surface area (Å²) in [6.45, 7) is 3.69. The average molecular weight is 439 g/mol. The fourth-order valence-corrected chi connectivity index (χ4v) is 4.34. The number of carbonyl (C=O) groups excluding carboxylic acids is 1. The highest BCUT2D eigenvalue weighted by Gasteiger charge is 2.20. The number of sulfonamides is 1. The molecule has 3 rings (SSSR count). The van der Waals surface area contributed by atoms with Crippen LogP contribution in [0.3, 0.4) is 0 Å². The van der Waals surface area contributed by atoms with Crippen LogP contribution in [0.15, 0.2) is 47.4 Å². The van der Waals surface area contributed by atoms with Crippen molar-refractivity contribution in [3.05, 3.63) is 53.1 Å². The molecule has 0 atom stereocenters. The predicted molar refractivity (Wildman–Crippen MR) is 110 cm³/mol. The summed E-state index contributed by atoms with van der Waals surface area (Å²) >= 11 is 5.85. The SMILES string of the molecule is CCN(Cc1cccc2c1OCCO2)C(=O)CCNS(=O)(=O)c1cccc(Cl)c1. The van der Waals surface area contributed by atoms with E-state index in [0.717, 1.165) is 5.56 Å². The summed E-state index contributed by atoms with van der Waals surface area (Å²) in [5, 5.41) is 0.332. The van der Waals surface area contributed by atoms with Gasteiger partial charge in [-0.15, -0.1) is 0 Å². The molecule has 0 fully saturated rings. The van der Waals surface area contributed by atoms with Crippen LogP contribution in [0.2, 0.25) is 5.02 Å². The van der Waals surface area contributed by atoms with Crippen molar-refractivity contribution < 1.29 is 22.7 Å². The van der Waals surface area contributed by atoms with E-state index in [-0.39, 0.29) is 23.8 Å². The number of nitrogens with zero attached hydrogens (tertiary/aromatic N) is 1. The molecule has 156 valence electrons. The summed E-state index contributed by atoms with van der Waals surface area (Å²) in [7, 11) is -3.72. The summed E-state index contributed by atoms with van der Waals surface area (Å²) in [4.78, 5) is 14.3. The zero-order valence-electron chi connectivity index (χ0n) is 16.1. The molecule has 2 aromatic carbocycles. The molecule has 9 heteroatoms. The van der Waals surface area contributed by atoms with Gasteiger partial charge in [0.2, 0.25) is 15.9 Å². The molecule has 0 radical (unpaired) electrons. The minimum atomic E-state index is -3.72. The summed E-state index contributed by atoms with van der Waals surface area (Å²) in [6, 6.07) is 11.6. The molecule has 0 aliphatic carbocycles. The lowest BCUT2D eigenvalue weighted by Crippen LogP contribution is -2.34. The second kappa shape index (κ2) is 9.47. The van der Waals surface area contributed by atoms with Gasteiger partial charge in [0.1, 0.15) is 13.2 Å². The largest absolute Gasteiger partial charge is 0.486 e. The van der Waals surface area contributed by atoms with Crippen molar-refractivity contribution in [2.45, 2.75) is 24.8 Å². The Kier molecular flexibility index (Phi) is 7.00. The Morgan fingerprint density at radius 2 is 1.93 bits per heavy atom. The van der Waals surface area contributed by atoms with E-state index in [0.29, 0.717) is 42.8 Å². The molecule has 0 spiro atoms. The van der Waals surface area contributed by atoms with Crippen LogP contribution in [0.4, 0.5) is 0 Å². The Morgan fingerprint density at radius 3 is 2.69 bits per heavy atom. The number of ether oxygens (including phenoxy) is 2. The lowest BCUT2D eigenvalue weighted by Gasteiger charge is -2.25. The zero-order valence-corrected chi connectivity index (χ0v) is 17.6. The molecule has 2 aromatic rings. The van der Waals surface area contributed by atoms with Crippen molar-refractivity contribution in [2.75, 3.05) is 26.3 Å². The van der Waals surface area contributed by atoms with Crippen molar-refractivity contribution in [1.82, 2.24) is 9.62 Å². The minimum absolute atomic E-state index is 0.00329. The Labute approximate surface area is 175 Å². The minimum Gasteiger partial charge on any atom is -0.486 e. The number of para-hydroxylation sites is 1. The Morgan fingerprint density at radius 1 is 1.17 bits per heavy atom. The molecular weight excluding hydrogens is 416 g/mol. The van der Waals surface area contributed by atoms with Crippen LogP contribution in [0.25, 0.3) is 0 Å². The van der Waals surface area contributed by atoms with Gasteiger partial charge in [-0.2, -0.15) is 0 Å². The highest BCUT2D eigenvalue weighted by atomic mass is 35.5. The smallest absolute Gasteiger partial charge is 0.240 e. The molecule has 1 aliphatic heterocycles. The summed E-state index contributed by atoms with van der Waals surface area (Å²) < 4.78 is 38.4. The first-order chi connectivity index (χ1) is 13.9. The third-order valence-corrected chi connectivity index (χ3v) is 6.17. The fraction of sp³-hybridized carbons (Fsp3) is 0.350. The molecule has 1 N–H and O–H groups in total. The summed E-state index contributed by atoms with van der Waals surface area (Å²) in [5.74, 6) is 1.17. The van der Waals surface area contributed by atoms with Crippen LogP contribution >= 0.6 is 11.6 Å². The number of fused-ring (bicyclic) bond motifs is 1. The number of hydrogen-bond acceptors (Lipinski definition) is 5. The van der Waals surface area contributed by atoms with Crippen LogP contribution in [0, 0.1) is 0 Å². The lowest BCUT2D eigenvalue weighted by molar-refractivity contribution is -0.131. The molecule has 1 aliphatic rings. The molecule has 29 heavy (non-hydrogen) atoms. The Balaban J connectivity index is 1.59. The Hall–Kier alpha value is -2.29. The van der Waals surface area contributed by atoms with Gasteiger partial charge in [-0.3, -0.25) is 4.79 Å². The molecule has 1 heterocycles. The van der Waals surface area contributed by atoms with E-state index < -0.39 is 10.0 Å². The molecule has 1 amide bonds. The quantitative estimate of drug-likeness (QED) is 0.685. The number of carbonyl (C=O) groups is 1. The van der Waals surface area contributed by atoms with Gasteiger partial charge in [-0.05, 0) is 31.2 Å². The number of nitrogens with one attached hydrogen (secondary N) is 1. The predicted octanol–water partition coefficient (Wildman–Crippen LogP) is 2.83. The molecule has 0 saturated heterocycles. The first kappa shape index (κ1) is 21.4. The number of benzene rings is 2. The lowest BCUT2D eigenvalue weighted by atomic mass is 10.1. The van der Waals surface area contributed by atoms with Crippen molar-refractivity contribution in [2.24, 2.45) is 0 Å². The third kappa shape index (κ3) is 5.41. The van der Waals surface area contributed by atoms with Crippen molar-refractivity contribution in [3.8, 4) is 11.5 Å². The van der Waals surface area contributed by atoms with E-state index >= 15 is 0 Å². The second-order valence-electron chi connectivity index (χ2n) is 6.45. The van der Waals surface area contributed by atoms with Crippen LogP contribution in [0.5, 0.6) is 11.5 Å². The van der Waals surface area contributed by atoms with E-state index in [2.05, 4.69) is 4.72 Å². The van der Waals surface area contributed by atoms with Crippen LogP contribution in [-0.4, -0.2) is 45.5 Å². The monoisotopic (exact) mass is 438 g/mol. The van der Waals surface area contributed by atoms with Gasteiger partial charge < -0.3 is 14.4 Å². The van der Waals surface area contributed by atoms with Gasteiger partial charge in [0.05, 0.1) is 4.90 Å². The highest BCUT2D eigenvalue weighted by Crippen LogP contribution is 2.34. The fourth-order valence-electron chi connectivity index (χ4n) is 3.01. The van der Waals surface area contributed by atoms with E-state index in [1.54, 1.807) is 17.0 Å². The Bertz CT molecular complexity index is 981. The maximum atomic E-state index is 12.6. The van der Waals surface area contributed by atoms with Crippen molar-refractivity contribution in [1.29, 1.82) is 0 Å². The van der Waals surface area contributed by atoms with Crippen LogP contribution in [-0.2, 0) is 21.4 Å². The van der Waals surface area contributed by atoms with Gasteiger partial charge in [-0.25, -0.2) is 13.1 Å². The number of hydrogen-bond donors (Lipinski definition) is 1. The number of amides is 1. The number of halogens is 1. The van der Waals surface area contributed by atoms with Gasteiger partial charge in [0.15, 0.2) is 11.5 Å². The van der Waals surface area contributed by atoms with Crippen molar-refractivity contribution >= 4 is 27.5 Å². The second-order valence-corrected chi connectivity index (χ2v) is 8.66. The molecule has 7 nitrogen and oxygen atoms in total. The summed E-state index contributed by atoms with van der Waals surface area (Å²) in [5.41, 5.74) is 0.858. The van der Waals surface area contributed by atoms with E-state index in [1.807, 2.05) is 25.1 Å². The van der Waals surface area contributed by atoms with Crippen molar-refractivity contribution in [3.63, 3.8) is 0 Å².